The van der Waals surface area contributed by atoms with Gasteiger partial charge in [0.05, 0.1) is 0 Å². The van der Waals surface area contributed by atoms with Crippen LogP contribution in [-0.2, 0) is 4.74 Å². The van der Waals surface area contributed by atoms with Crippen molar-refractivity contribution < 1.29 is 9.53 Å². The molecule has 1 amide bonds. The van der Waals surface area contributed by atoms with Gasteiger partial charge in [-0.2, -0.15) is 0 Å². The lowest BCUT2D eigenvalue weighted by atomic mass is 10.1. The summed E-state index contributed by atoms with van der Waals surface area (Å²) < 4.78 is 4.71. The van der Waals surface area contributed by atoms with Gasteiger partial charge in [0.1, 0.15) is 6.26 Å². The molecule has 0 atom stereocenters. The van der Waals surface area contributed by atoms with Crippen molar-refractivity contribution in [1.82, 2.24) is 4.90 Å². The summed E-state index contributed by atoms with van der Waals surface area (Å²) >= 11 is 5.21. The van der Waals surface area contributed by atoms with Gasteiger partial charge >= 0.3 is 6.09 Å². The molecule has 4 heteroatoms. The first-order chi connectivity index (χ1) is 5.84. The monoisotopic (exact) mass is 189 g/mol. The second-order valence-corrected chi connectivity index (χ2v) is 2.95. The zero-order valence-corrected chi connectivity index (χ0v) is 7.59. The fourth-order valence-corrected chi connectivity index (χ4v) is 1.29. The number of rotatable bonds is 1. The van der Waals surface area contributed by atoms with Gasteiger partial charge in [-0.3, -0.25) is 0 Å². The molecule has 1 aliphatic rings. The zero-order chi connectivity index (χ0) is 8.81. The van der Waals surface area contributed by atoms with E-state index in [0.717, 1.165) is 25.9 Å². The van der Waals surface area contributed by atoms with E-state index in [1.54, 1.807) is 4.90 Å². The van der Waals surface area contributed by atoms with Crippen LogP contribution in [0, 0.1) is 0 Å². The average Bonchev–Trinajstić information content (AvgIpc) is 2.15. The van der Waals surface area contributed by atoms with Gasteiger partial charge in [0.15, 0.2) is 0 Å². The molecule has 0 bridgehead atoms. The van der Waals surface area contributed by atoms with Gasteiger partial charge in [-0.15, -0.1) is 0 Å². The van der Waals surface area contributed by atoms with Crippen LogP contribution in [0.1, 0.15) is 19.3 Å². The highest BCUT2D eigenvalue weighted by atomic mass is 35.5. The van der Waals surface area contributed by atoms with Crippen LogP contribution in [0.4, 0.5) is 4.79 Å². The van der Waals surface area contributed by atoms with Crippen LogP contribution in [0.15, 0.2) is 11.8 Å². The molecule has 1 heterocycles. The Balaban J connectivity index is 2.29. The molecule has 1 fully saturated rings. The maximum Gasteiger partial charge on any atom is 0.414 e. The molecule has 12 heavy (non-hydrogen) atoms. The minimum absolute atomic E-state index is 0.299. The first-order valence-corrected chi connectivity index (χ1v) is 4.49. The summed E-state index contributed by atoms with van der Waals surface area (Å²) in [6, 6.07) is 0. The molecule has 0 aliphatic carbocycles. The number of carbonyl (C=O) groups is 1. The molecule has 0 N–H and O–H groups in total. The summed E-state index contributed by atoms with van der Waals surface area (Å²) in [5.74, 6) is 0. The molecule has 0 radical (unpaired) electrons. The lowest BCUT2D eigenvalue weighted by Gasteiger charge is -2.24. The standard InChI is InChI=1S/C8H12ClNO2/c9-4-7-12-8(11)10-5-2-1-3-6-10/h4,7H,1-3,5-6H2. The Morgan fingerprint density at radius 2 is 2.00 bits per heavy atom. The average molecular weight is 190 g/mol. The molecule has 1 saturated heterocycles. The second-order valence-electron chi connectivity index (χ2n) is 2.69. The van der Waals surface area contributed by atoms with Crippen molar-refractivity contribution in [2.24, 2.45) is 0 Å². The van der Waals surface area contributed by atoms with Crippen LogP contribution >= 0.6 is 11.6 Å². The van der Waals surface area contributed by atoms with E-state index in [2.05, 4.69) is 0 Å². The summed E-state index contributed by atoms with van der Waals surface area (Å²) in [4.78, 5) is 12.8. The van der Waals surface area contributed by atoms with E-state index in [1.807, 2.05) is 0 Å². The van der Waals surface area contributed by atoms with Crippen LogP contribution in [-0.4, -0.2) is 24.1 Å². The fourth-order valence-electron chi connectivity index (χ4n) is 1.23. The number of carbonyl (C=O) groups excluding carboxylic acids is 1. The number of ether oxygens (including phenoxy) is 1. The maximum atomic E-state index is 11.2. The van der Waals surface area contributed by atoms with Crippen LogP contribution < -0.4 is 0 Å². The number of halogens is 1. The van der Waals surface area contributed by atoms with Gasteiger partial charge in [0, 0.05) is 18.6 Å². The molecule has 0 saturated carbocycles. The number of likely N-dealkylation sites (tertiary alicyclic amines) is 1. The number of hydrogen-bond donors (Lipinski definition) is 0. The van der Waals surface area contributed by atoms with Crippen molar-refractivity contribution in [1.29, 1.82) is 0 Å². The van der Waals surface area contributed by atoms with Gasteiger partial charge in [-0.1, -0.05) is 11.6 Å². The van der Waals surface area contributed by atoms with Gasteiger partial charge in [0.2, 0.25) is 0 Å². The topological polar surface area (TPSA) is 29.5 Å². The lowest BCUT2D eigenvalue weighted by molar-refractivity contribution is 0.128. The predicted octanol–water partition coefficient (Wildman–Crippen LogP) is 2.32. The van der Waals surface area contributed by atoms with Crippen molar-refractivity contribution in [2.75, 3.05) is 13.1 Å². The number of piperidine rings is 1. The largest absolute Gasteiger partial charge is 0.417 e. The minimum Gasteiger partial charge on any atom is -0.417 e. The molecule has 1 aliphatic heterocycles. The molecule has 68 valence electrons. The Hall–Kier alpha value is -0.700. The molecule has 0 spiro atoms. The molecular formula is C8H12ClNO2. The number of amides is 1. The van der Waals surface area contributed by atoms with Crippen LogP contribution in [0.25, 0.3) is 0 Å². The summed E-state index contributed by atoms with van der Waals surface area (Å²) in [7, 11) is 0. The summed E-state index contributed by atoms with van der Waals surface area (Å²) in [6.45, 7) is 1.60. The highest BCUT2D eigenvalue weighted by Gasteiger charge is 2.16. The van der Waals surface area contributed by atoms with Crippen molar-refractivity contribution in [3.05, 3.63) is 11.8 Å². The van der Waals surface area contributed by atoms with Crippen molar-refractivity contribution >= 4 is 17.7 Å². The van der Waals surface area contributed by atoms with Crippen LogP contribution in [0.2, 0.25) is 0 Å². The van der Waals surface area contributed by atoms with E-state index >= 15 is 0 Å². The number of nitrogens with zero attached hydrogens (tertiary/aromatic N) is 1. The zero-order valence-electron chi connectivity index (χ0n) is 6.83. The fraction of sp³-hybridized carbons (Fsp3) is 0.625. The highest BCUT2D eigenvalue weighted by molar-refractivity contribution is 6.25. The van der Waals surface area contributed by atoms with Crippen molar-refractivity contribution in [3.63, 3.8) is 0 Å². The smallest absolute Gasteiger partial charge is 0.414 e. The maximum absolute atomic E-state index is 11.2. The molecule has 1 rings (SSSR count). The predicted molar refractivity (Wildman–Crippen MR) is 46.9 cm³/mol. The van der Waals surface area contributed by atoms with E-state index in [1.165, 1.54) is 18.2 Å². The quantitative estimate of drug-likeness (QED) is 0.593. The number of hydrogen-bond acceptors (Lipinski definition) is 2. The highest BCUT2D eigenvalue weighted by Crippen LogP contribution is 2.09. The first kappa shape index (κ1) is 9.39. The normalized spacial score (nSPS) is 18.2. The van der Waals surface area contributed by atoms with Crippen LogP contribution in [0.3, 0.4) is 0 Å². The summed E-state index contributed by atoms with van der Waals surface area (Å²) in [5, 5.41) is 0. The minimum atomic E-state index is -0.299. The molecule has 0 aromatic heterocycles. The van der Waals surface area contributed by atoms with E-state index < -0.39 is 0 Å². The van der Waals surface area contributed by atoms with E-state index in [0.29, 0.717) is 0 Å². The molecule has 3 nitrogen and oxygen atoms in total. The van der Waals surface area contributed by atoms with E-state index in [9.17, 15) is 4.79 Å². The Morgan fingerprint density at radius 1 is 1.33 bits per heavy atom. The van der Waals surface area contributed by atoms with Crippen molar-refractivity contribution in [2.45, 2.75) is 19.3 Å². The summed E-state index contributed by atoms with van der Waals surface area (Å²) in [6.07, 6.45) is 4.24. The first-order valence-electron chi connectivity index (χ1n) is 4.05. The van der Waals surface area contributed by atoms with E-state index in [4.69, 9.17) is 16.3 Å². The molecular weight excluding hydrogens is 178 g/mol. The Bertz CT molecular complexity index is 176. The summed E-state index contributed by atoms with van der Waals surface area (Å²) in [5.41, 5.74) is 1.18. The second kappa shape index (κ2) is 5.04. The van der Waals surface area contributed by atoms with Gasteiger partial charge in [0.25, 0.3) is 0 Å². The molecule has 0 unspecified atom stereocenters. The van der Waals surface area contributed by atoms with Gasteiger partial charge in [-0.05, 0) is 19.3 Å². The SMILES string of the molecule is O=C(OC=CCl)N1CCCCC1. The Morgan fingerprint density at radius 3 is 2.58 bits per heavy atom. The van der Waals surface area contributed by atoms with Crippen molar-refractivity contribution in [3.8, 4) is 0 Å². The third kappa shape index (κ3) is 2.74. The van der Waals surface area contributed by atoms with Gasteiger partial charge < -0.3 is 9.64 Å². The Kier molecular flexibility index (Phi) is 3.94. The van der Waals surface area contributed by atoms with Crippen LogP contribution in [0.5, 0.6) is 0 Å². The van der Waals surface area contributed by atoms with Gasteiger partial charge in [-0.25, -0.2) is 4.79 Å². The lowest BCUT2D eigenvalue weighted by Crippen LogP contribution is -2.35. The van der Waals surface area contributed by atoms with E-state index in [-0.39, 0.29) is 6.09 Å². The molecule has 0 aromatic carbocycles. The third-order valence-corrected chi connectivity index (χ3v) is 1.94. The Labute approximate surface area is 76.9 Å². The third-order valence-electron chi connectivity index (χ3n) is 1.83. The molecule has 0 aromatic rings.